The number of aromatic nitrogens is 2. The van der Waals surface area contributed by atoms with Crippen LogP contribution in [0.3, 0.4) is 0 Å². The highest BCUT2D eigenvalue weighted by Crippen LogP contribution is 2.28. The third-order valence-corrected chi connectivity index (χ3v) is 2.40. The standard InChI is InChI=1S/C13H24N4O2/c1-8(2)11-16-12(15-9(3)4)10(14)13(17-11)19-7-6-18-5/h8-9H,6-7,14H2,1-5H3,(H,15,16,17). The Morgan fingerprint density at radius 2 is 1.84 bits per heavy atom. The molecule has 3 N–H and O–H groups in total. The zero-order valence-electron chi connectivity index (χ0n) is 12.4. The summed E-state index contributed by atoms with van der Waals surface area (Å²) in [5.41, 5.74) is 6.47. The Bertz CT molecular complexity index is 408. The maximum absolute atomic E-state index is 6.03. The van der Waals surface area contributed by atoms with E-state index in [0.29, 0.717) is 36.4 Å². The Hall–Kier alpha value is -1.56. The first-order valence-corrected chi connectivity index (χ1v) is 6.51. The number of anilines is 2. The van der Waals surface area contributed by atoms with E-state index in [-0.39, 0.29) is 12.0 Å². The third-order valence-electron chi connectivity index (χ3n) is 2.40. The van der Waals surface area contributed by atoms with E-state index in [1.54, 1.807) is 7.11 Å². The summed E-state index contributed by atoms with van der Waals surface area (Å²) in [6.07, 6.45) is 0. The summed E-state index contributed by atoms with van der Waals surface area (Å²) in [5, 5.41) is 3.21. The van der Waals surface area contributed by atoms with E-state index in [1.807, 2.05) is 27.7 Å². The van der Waals surface area contributed by atoms with Crippen LogP contribution in [0.4, 0.5) is 11.5 Å². The van der Waals surface area contributed by atoms with Crippen LogP contribution < -0.4 is 15.8 Å². The molecular formula is C13H24N4O2. The second-order valence-electron chi connectivity index (χ2n) is 4.94. The largest absolute Gasteiger partial charge is 0.474 e. The highest BCUT2D eigenvalue weighted by atomic mass is 16.5. The van der Waals surface area contributed by atoms with Gasteiger partial charge in [-0.1, -0.05) is 13.8 Å². The Kier molecular flexibility index (Phi) is 5.82. The van der Waals surface area contributed by atoms with Crippen molar-refractivity contribution in [2.75, 3.05) is 31.4 Å². The maximum Gasteiger partial charge on any atom is 0.242 e. The topological polar surface area (TPSA) is 82.3 Å². The molecular weight excluding hydrogens is 244 g/mol. The molecule has 6 nitrogen and oxygen atoms in total. The van der Waals surface area contributed by atoms with Crippen LogP contribution in [0.1, 0.15) is 39.4 Å². The van der Waals surface area contributed by atoms with Gasteiger partial charge in [0.05, 0.1) is 6.61 Å². The lowest BCUT2D eigenvalue weighted by Gasteiger charge is -2.16. The Morgan fingerprint density at radius 1 is 1.16 bits per heavy atom. The molecule has 108 valence electrons. The van der Waals surface area contributed by atoms with Crippen molar-refractivity contribution in [2.24, 2.45) is 0 Å². The summed E-state index contributed by atoms with van der Waals surface area (Å²) in [6.45, 7) is 9.03. The van der Waals surface area contributed by atoms with E-state index in [9.17, 15) is 0 Å². The quantitative estimate of drug-likeness (QED) is 0.736. The average molecular weight is 268 g/mol. The predicted molar refractivity (Wildman–Crippen MR) is 76.7 cm³/mol. The van der Waals surface area contributed by atoms with Crippen LogP contribution in [0.5, 0.6) is 5.88 Å². The van der Waals surface area contributed by atoms with Crippen LogP contribution in [0.15, 0.2) is 0 Å². The number of nitrogen functional groups attached to an aromatic ring is 1. The molecule has 0 aliphatic rings. The number of ether oxygens (including phenoxy) is 2. The van der Waals surface area contributed by atoms with Crippen molar-refractivity contribution < 1.29 is 9.47 Å². The number of nitrogens with one attached hydrogen (secondary N) is 1. The molecule has 1 heterocycles. The molecule has 0 spiro atoms. The molecule has 1 aromatic heterocycles. The van der Waals surface area contributed by atoms with Crippen LogP contribution in [-0.2, 0) is 4.74 Å². The number of nitrogens with zero attached hydrogens (tertiary/aromatic N) is 2. The first kappa shape index (κ1) is 15.5. The minimum atomic E-state index is 0.207. The molecule has 0 saturated carbocycles. The zero-order chi connectivity index (χ0) is 14.4. The Balaban J connectivity index is 3.02. The van der Waals surface area contributed by atoms with Gasteiger partial charge in [-0.15, -0.1) is 0 Å². The molecule has 0 aromatic carbocycles. The minimum absolute atomic E-state index is 0.207. The van der Waals surface area contributed by atoms with E-state index in [1.165, 1.54) is 0 Å². The highest BCUT2D eigenvalue weighted by Gasteiger charge is 2.15. The van der Waals surface area contributed by atoms with E-state index in [0.717, 1.165) is 0 Å². The molecule has 6 heteroatoms. The summed E-state index contributed by atoms with van der Waals surface area (Å²) >= 11 is 0. The van der Waals surface area contributed by atoms with Gasteiger partial charge in [0.2, 0.25) is 5.88 Å². The molecule has 1 aromatic rings. The Morgan fingerprint density at radius 3 is 2.37 bits per heavy atom. The van der Waals surface area contributed by atoms with Gasteiger partial charge in [-0.05, 0) is 13.8 Å². The molecule has 0 amide bonds. The number of nitrogens with two attached hydrogens (primary N) is 1. The van der Waals surface area contributed by atoms with Crippen molar-refractivity contribution in [1.82, 2.24) is 9.97 Å². The molecule has 0 aliphatic carbocycles. The molecule has 0 unspecified atom stereocenters. The molecule has 0 fully saturated rings. The molecule has 0 saturated heterocycles. The fraction of sp³-hybridized carbons (Fsp3) is 0.692. The van der Waals surface area contributed by atoms with Crippen molar-refractivity contribution in [2.45, 2.75) is 39.7 Å². The fourth-order valence-corrected chi connectivity index (χ4v) is 1.44. The summed E-state index contributed by atoms with van der Waals surface area (Å²) in [6, 6.07) is 0.240. The summed E-state index contributed by atoms with van der Waals surface area (Å²) in [4.78, 5) is 8.80. The smallest absolute Gasteiger partial charge is 0.242 e. The van der Waals surface area contributed by atoms with E-state index in [4.69, 9.17) is 15.2 Å². The lowest BCUT2D eigenvalue weighted by Crippen LogP contribution is -2.17. The molecule has 0 radical (unpaired) electrons. The zero-order valence-corrected chi connectivity index (χ0v) is 12.4. The predicted octanol–water partition coefficient (Wildman–Crippen LogP) is 2.03. The van der Waals surface area contributed by atoms with Gasteiger partial charge in [0.15, 0.2) is 5.82 Å². The normalized spacial score (nSPS) is 11.1. The van der Waals surface area contributed by atoms with Gasteiger partial charge < -0.3 is 20.5 Å². The van der Waals surface area contributed by atoms with Gasteiger partial charge in [0.25, 0.3) is 0 Å². The van der Waals surface area contributed by atoms with Crippen molar-refractivity contribution >= 4 is 11.5 Å². The summed E-state index contributed by atoms with van der Waals surface area (Å²) in [7, 11) is 1.62. The lowest BCUT2D eigenvalue weighted by molar-refractivity contribution is 0.144. The van der Waals surface area contributed by atoms with Gasteiger partial charge in [-0.3, -0.25) is 0 Å². The van der Waals surface area contributed by atoms with Gasteiger partial charge >= 0.3 is 0 Å². The van der Waals surface area contributed by atoms with E-state index >= 15 is 0 Å². The maximum atomic E-state index is 6.03. The first-order valence-electron chi connectivity index (χ1n) is 6.51. The minimum Gasteiger partial charge on any atom is -0.474 e. The number of methoxy groups -OCH3 is 1. The Labute approximate surface area is 114 Å². The monoisotopic (exact) mass is 268 g/mol. The molecule has 0 bridgehead atoms. The van der Waals surface area contributed by atoms with Crippen LogP contribution in [-0.4, -0.2) is 36.3 Å². The van der Waals surface area contributed by atoms with Gasteiger partial charge in [0, 0.05) is 19.1 Å². The second-order valence-corrected chi connectivity index (χ2v) is 4.94. The average Bonchev–Trinajstić information content (AvgIpc) is 2.33. The van der Waals surface area contributed by atoms with E-state index in [2.05, 4.69) is 15.3 Å². The number of hydrogen-bond donors (Lipinski definition) is 2. The van der Waals surface area contributed by atoms with Crippen LogP contribution in [0.2, 0.25) is 0 Å². The van der Waals surface area contributed by atoms with Gasteiger partial charge in [-0.25, -0.2) is 4.98 Å². The SMILES string of the molecule is COCCOc1nc(C(C)C)nc(NC(C)C)c1N. The van der Waals surface area contributed by atoms with Crippen LogP contribution in [0, 0.1) is 0 Å². The number of hydrogen-bond acceptors (Lipinski definition) is 6. The third kappa shape index (κ3) is 4.55. The van der Waals surface area contributed by atoms with Gasteiger partial charge in [0.1, 0.15) is 18.1 Å². The molecule has 19 heavy (non-hydrogen) atoms. The van der Waals surface area contributed by atoms with Crippen molar-refractivity contribution in [3.05, 3.63) is 5.82 Å². The lowest BCUT2D eigenvalue weighted by atomic mass is 10.2. The molecule has 0 atom stereocenters. The number of rotatable bonds is 7. The fourth-order valence-electron chi connectivity index (χ4n) is 1.44. The summed E-state index contributed by atoms with van der Waals surface area (Å²) < 4.78 is 10.5. The van der Waals surface area contributed by atoms with Crippen LogP contribution >= 0.6 is 0 Å². The second kappa shape index (κ2) is 7.13. The molecule has 0 aliphatic heterocycles. The summed E-state index contributed by atoms with van der Waals surface area (Å²) in [5.74, 6) is 1.96. The van der Waals surface area contributed by atoms with E-state index < -0.39 is 0 Å². The first-order chi connectivity index (χ1) is 8.95. The molecule has 1 rings (SSSR count). The highest BCUT2D eigenvalue weighted by molar-refractivity contribution is 5.67. The van der Waals surface area contributed by atoms with Crippen molar-refractivity contribution in [3.8, 4) is 5.88 Å². The van der Waals surface area contributed by atoms with Crippen molar-refractivity contribution in [3.63, 3.8) is 0 Å². The van der Waals surface area contributed by atoms with Crippen molar-refractivity contribution in [1.29, 1.82) is 0 Å². The van der Waals surface area contributed by atoms with Crippen LogP contribution in [0.25, 0.3) is 0 Å². The van der Waals surface area contributed by atoms with Gasteiger partial charge in [-0.2, -0.15) is 4.98 Å².